The van der Waals surface area contributed by atoms with Gasteiger partial charge in [0.05, 0.1) is 11.7 Å². The van der Waals surface area contributed by atoms with Gasteiger partial charge >= 0.3 is 0 Å². The van der Waals surface area contributed by atoms with Gasteiger partial charge in [-0.15, -0.1) is 0 Å². The highest BCUT2D eigenvalue weighted by Crippen LogP contribution is 2.42. The summed E-state index contributed by atoms with van der Waals surface area (Å²) in [6, 6.07) is 29.1. The van der Waals surface area contributed by atoms with Gasteiger partial charge in [-0.3, -0.25) is 4.98 Å². The minimum absolute atomic E-state index is 0.0576. The molecular formula is C26H25N5S. The Labute approximate surface area is 193 Å². The number of nitrogens with one attached hydrogen (secondary N) is 1. The zero-order valence-electron chi connectivity index (χ0n) is 18.1. The van der Waals surface area contributed by atoms with Crippen LogP contribution in [0.5, 0.6) is 0 Å². The largest absolute Gasteiger partial charge is 0.378 e. The van der Waals surface area contributed by atoms with Crippen LogP contribution in [-0.4, -0.2) is 28.8 Å². The first-order valence-corrected chi connectivity index (χ1v) is 11.0. The van der Waals surface area contributed by atoms with Crippen molar-refractivity contribution in [3.8, 4) is 5.69 Å². The summed E-state index contributed by atoms with van der Waals surface area (Å²) >= 11 is 5.86. The minimum Gasteiger partial charge on any atom is -0.378 e. The van der Waals surface area contributed by atoms with E-state index in [0.29, 0.717) is 5.11 Å². The molecule has 0 radical (unpaired) electrons. The van der Waals surface area contributed by atoms with Crippen molar-refractivity contribution in [1.82, 2.24) is 14.9 Å². The molecule has 1 fully saturated rings. The third kappa shape index (κ3) is 3.63. The van der Waals surface area contributed by atoms with Crippen molar-refractivity contribution in [3.63, 3.8) is 0 Å². The smallest absolute Gasteiger partial charge is 0.174 e. The normalized spacial score (nSPS) is 17.9. The molecule has 1 N–H and O–H groups in total. The van der Waals surface area contributed by atoms with Crippen LogP contribution in [0, 0.1) is 0 Å². The molecule has 0 aliphatic carbocycles. The Morgan fingerprint density at radius 1 is 0.844 bits per heavy atom. The van der Waals surface area contributed by atoms with Gasteiger partial charge in [0.15, 0.2) is 5.11 Å². The third-order valence-electron chi connectivity index (χ3n) is 5.86. The van der Waals surface area contributed by atoms with Crippen molar-refractivity contribution in [3.05, 3.63) is 109 Å². The van der Waals surface area contributed by atoms with E-state index >= 15 is 0 Å². The van der Waals surface area contributed by atoms with Gasteiger partial charge in [0, 0.05) is 49.2 Å². The Balaban J connectivity index is 1.64. The first kappa shape index (κ1) is 20.3. The van der Waals surface area contributed by atoms with Gasteiger partial charge in [-0.1, -0.05) is 24.3 Å². The van der Waals surface area contributed by atoms with E-state index in [1.54, 1.807) is 0 Å². The topological polar surface area (TPSA) is 36.3 Å². The lowest BCUT2D eigenvalue weighted by Crippen LogP contribution is -2.30. The number of para-hydroxylation sites is 1. The van der Waals surface area contributed by atoms with Crippen LogP contribution in [0.25, 0.3) is 5.69 Å². The van der Waals surface area contributed by atoms with E-state index in [0.717, 1.165) is 28.5 Å². The zero-order chi connectivity index (χ0) is 22.1. The molecule has 4 aromatic rings. The number of anilines is 2. The Morgan fingerprint density at radius 3 is 2.28 bits per heavy atom. The minimum atomic E-state index is -0.0745. The Morgan fingerprint density at radius 2 is 1.59 bits per heavy atom. The SMILES string of the molecule is CN(C)c1ccc(N2C(=S)NC(c3ccccn3)C2c2cccn2-c2ccccc2)cc1. The average molecular weight is 440 g/mol. The molecule has 1 aliphatic heterocycles. The van der Waals surface area contributed by atoms with Crippen LogP contribution in [0.3, 0.4) is 0 Å². The van der Waals surface area contributed by atoms with Crippen molar-refractivity contribution >= 4 is 28.7 Å². The highest BCUT2D eigenvalue weighted by Gasteiger charge is 2.42. The maximum Gasteiger partial charge on any atom is 0.174 e. The number of rotatable bonds is 5. The fourth-order valence-corrected chi connectivity index (χ4v) is 4.65. The van der Waals surface area contributed by atoms with Crippen molar-refractivity contribution in [2.75, 3.05) is 23.9 Å². The van der Waals surface area contributed by atoms with E-state index in [1.165, 1.54) is 0 Å². The Hall–Kier alpha value is -3.64. The number of hydrogen-bond acceptors (Lipinski definition) is 3. The lowest BCUT2D eigenvalue weighted by molar-refractivity contribution is 0.549. The van der Waals surface area contributed by atoms with Crippen molar-refractivity contribution in [2.45, 2.75) is 12.1 Å². The predicted molar refractivity (Wildman–Crippen MR) is 134 cm³/mol. The molecule has 1 aliphatic rings. The van der Waals surface area contributed by atoms with Gasteiger partial charge in [-0.05, 0) is 72.9 Å². The summed E-state index contributed by atoms with van der Waals surface area (Å²) in [7, 11) is 4.09. The molecule has 2 unspecified atom stereocenters. The predicted octanol–water partition coefficient (Wildman–Crippen LogP) is 5.12. The monoisotopic (exact) mass is 439 g/mol. The fraction of sp³-hybridized carbons (Fsp3) is 0.154. The molecule has 160 valence electrons. The first-order valence-electron chi connectivity index (χ1n) is 10.6. The molecule has 0 amide bonds. The molecule has 3 heterocycles. The second kappa shape index (κ2) is 8.48. The van der Waals surface area contributed by atoms with Gasteiger partial charge < -0.3 is 19.7 Å². The highest BCUT2D eigenvalue weighted by molar-refractivity contribution is 7.80. The second-order valence-corrected chi connectivity index (χ2v) is 8.43. The van der Waals surface area contributed by atoms with Crippen LogP contribution in [0.4, 0.5) is 11.4 Å². The van der Waals surface area contributed by atoms with E-state index in [9.17, 15) is 0 Å². The van der Waals surface area contributed by atoms with E-state index in [-0.39, 0.29) is 12.1 Å². The van der Waals surface area contributed by atoms with Crippen LogP contribution in [0.2, 0.25) is 0 Å². The molecule has 32 heavy (non-hydrogen) atoms. The number of thiocarbonyl (C=S) groups is 1. The number of benzene rings is 2. The molecule has 2 atom stereocenters. The molecule has 2 aromatic heterocycles. The van der Waals surface area contributed by atoms with Gasteiger partial charge in [-0.2, -0.15) is 0 Å². The molecular weight excluding hydrogens is 414 g/mol. The fourth-order valence-electron chi connectivity index (χ4n) is 4.30. The quantitative estimate of drug-likeness (QED) is 0.437. The van der Waals surface area contributed by atoms with Crippen LogP contribution in [0.1, 0.15) is 23.5 Å². The maximum atomic E-state index is 5.86. The summed E-state index contributed by atoms with van der Waals surface area (Å²) < 4.78 is 2.23. The Kier molecular flexibility index (Phi) is 5.37. The molecule has 1 saturated heterocycles. The summed E-state index contributed by atoms with van der Waals surface area (Å²) in [5, 5.41) is 4.24. The van der Waals surface area contributed by atoms with Crippen molar-refractivity contribution in [1.29, 1.82) is 0 Å². The molecule has 0 spiro atoms. The summed E-state index contributed by atoms with van der Waals surface area (Å²) in [5.41, 5.74) is 5.44. The molecule has 0 bridgehead atoms. The average Bonchev–Trinajstić information content (AvgIpc) is 3.44. The van der Waals surface area contributed by atoms with E-state index in [1.807, 2.05) is 38.5 Å². The van der Waals surface area contributed by atoms with E-state index in [4.69, 9.17) is 12.2 Å². The molecule has 5 rings (SSSR count). The highest BCUT2D eigenvalue weighted by atomic mass is 32.1. The van der Waals surface area contributed by atoms with Crippen LogP contribution in [0.15, 0.2) is 97.3 Å². The van der Waals surface area contributed by atoms with Crippen LogP contribution in [-0.2, 0) is 0 Å². The lowest BCUT2D eigenvalue weighted by Gasteiger charge is -2.29. The molecule has 6 heteroatoms. The summed E-state index contributed by atoms with van der Waals surface area (Å²) in [6.07, 6.45) is 3.94. The zero-order valence-corrected chi connectivity index (χ0v) is 18.9. The van der Waals surface area contributed by atoms with Gasteiger partial charge in [-0.25, -0.2) is 0 Å². The van der Waals surface area contributed by atoms with Gasteiger partial charge in [0.1, 0.15) is 6.04 Å². The molecule has 5 nitrogen and oxygen atoms in total. The van der Waals surface area contributed by atoms with Crippen molar-refractivity contribution in [2.24, 2.45) is 0 Å². The molecule has 2 aromatic carbocycles. The molecule has 0 saturated carbocycles. The van der Waals surface area contributed by atoms with Crippen molar-refractivity contribution < 1.29 is 0 Å². The lowest BCUT2D eigenvalue weighted by atomic mass is 10.0. The summed E-state index contributed by atoms with van der Waals surface area (Å²) in [5.74, 6) is 0. The number of hydrogen-bond donors (Lipinski definition) is 1. The van der Waals surface area contributed by atoms with Crippen LogP contribution >= 0.6 is 12.2 Å². The maximum absolute atomic E-state index is 5.86. The number of nitrogens with zero attached hydrogens (tertiary/aromatic N) is 4. The van der Waals surface area contributed by atoms with E-state index < -0.39 is 0 Å². The number of pyridine rings is 1. The number of aromatic nitrogens is 2. The Bertz CT molecular complexity index is 1200. The van der Waals surface area contributed by atoms with E-state index in [2.05, 4.69) is 97.6 Å². The standard InChI is InChI=1S/C26H25N5S/c1-29(2)19-13-15-21(16-14-19)31-25(24(28-26(31)32)22-11-6-7-17-27-22)23-12-8-18-30(23)20-9-4-3-5-10-20/h3-18,24-25H,1-2H3,(H,28,32). The summed E-state index contributed by atoms with van der Waals surface area (Å²) in [6.45, 7) is 0. The third-order valence-corrected chi connectivity index (χ3v) is 6.17. The van der Waals surface area contributed by atoms with Gasteiger partial charge in [0.25, 0.3) is 0 Å². The van der Waals surface area contributed by atoms with Gasteiger partial charge in [0.2, 0.25) is 0 Å². The summed E-state index contributed by atoms with van der Waals surface area (Å²) in [4.78, 5) is 8.97. The van der Waals surface area contributed by atoms with Crippen LogP contribution < -0.4 is 15.1 Å². The first-order chi connectivity index (χ1) is 15.6. The second-order valence-electron chi connectivity index (χ2n) is 8.05.